The lowest BCUT2D eigenvalue weighted by Gasteiger charge is -2.13. The number of carbonyl (C=O) groups is 1. The van der Waals surface area contributed by atoms with Crippen molar-refractivity contribution in [2.75, 3.05) is 11.9 Å². The summed E-state index contributed by atoms with van der Waals surface area (Å²) < 4.78 is 41.3. The van der Waals surface area contributed by atoms with Crippen LogP contribution < -0.4 is 15.4 Å². The minimum Gasteiger partial charge on any atom is -0.435 e. The molecule has 2 amide bonds. The summed E-state index contributed by atoms with van der Waals surface area (Å²) in [4.78, 5) is 11.7. The van der Waals surface area contributed by atoms with Gasteiger partial charge in [0, 0.05) is 12.2 Å². The summed E-state index contributed by atoms with van der Waals surface area (Å²) in [5.74, 6) is -0.517. The standard InChI is InChI=1S/C16H15F3N2O3/c17-11-2-1-3-12(8-11)21-16(23)20-9-14(22)10-4-6-13(7-5-10)24-15(18)19/h1-8,14-15,22H,9H2,(H2,20,21,23). The highest BCUT2D eigenvalue weighted by molar-refractivity contribution is 5.89. The molecule has 0 aliphatic rings. The van der Waals surface area contributed by atoms with E-state index in [1.165, 1.54) is 42.5 Å². The van der Waals surface area contributed by atoms with E-state index in [0.29, 0.717) is 5.56 Å². The van der Waals surface area contributed by atoms with Gasteiger partial charge in [0.2, 0.25) is 0 Å². The van der Waals surface area contributed by atoms with Crippen LogP contribution in [0, 0.1) is 5.82 Å². The number of urea groups is 1. The van der Waals surface area contributed by atoms with Gasteiger partial charge < -0.3 is 20.5 Å². The number of ether oxygens (including phenoxy) is 1. The molecule has 3 N–H and O–H groups in total. The lowest BCUT2D eigenvalue weighted by Crippen LogP contribution is -2.32. The van der Waals surface area contributed by atoms with Gasteiger partial charge in [-0.1, -0.05) is 18.2 Å². The molecule has 0 bridgehead atoms. The quantitative estimate of drug-likeness (QED) is 0.756. The largest absolute Gasteiger partial charge is 0.435 e. The Morgan fingerprint density at radius 2 is 1.88 bits per heavy atom. The van der Waals surface area contributed by atoms with E-state index >= 15 is 0 Å². The van der Waals surface area contributed by atoms with E-state index in [9.17, 15) is 23.1 Å². The summed E-state index contributed by atoms with van der Waals surface area (Å²) >= 11 is 0. The van der Waals surface area contributed by atoms with Crippen molar-refractivity contribution in [1.29, 1.82) is 0 Å². The van der Waals surface area contributed by atoms with Crippen LogP contribution in [0.2, 0.25) is 0 Å². The molecule has 2 aromatic carbocycles. The zero-order valence-corrected chi connectivity index (χ0v) is 12.4. The Labute approximate surface area is 136 Å². The summed E-state index contributed by atoms with van der Waals surface area (Å²) in [7, 11) is 0. The van der Waals surface area contributed by atoms with Gasteiger partial charge in [-0.05, 0) is 35.9 Å². The maximum atomic E-state index is 13.0. The molecule has 0 fully saturated rings. The smallest absolute Gasteiger partial charge is 0.387 e. The van der Waals surface area contributed by atoms with Crippen molar-refractivity contribution < 1.29 is 27.8 Å². The number of amides is 2. The summed E-state index contributed by atoms with van der Waals surface area (Å²) in [5.41, 5.74) is 0.693. The summed E-state index contributed by atoms with van der Waals surface area (Å²) in [6, 6.07) is 10.1. The van der Waals surface area contributed by atoms with Crippen molar-refractivity contribution in [2.45, 2.75) is 12.7 Å². The molecule has 0 aliphatic carbocycles. The van der Waals surface area contributed by atoms with Crippen LogP contribution in [0.15, 0.2) is 48.5 Å². The number of alkyl halides is 2. The average molecular weight is 340 g/mol. The second-order valence-corrected chi connectivity index (χ2v) is 4.81. The monoisotopic (exact) mass is 340 g/mol. The zero-order chi connectivity index (χ0) is 17.5. The minimum absolute atomic E-state index is 0.0299. The number of carbonyl (C=O) groups excluding carboxylic acids is 1. The van der Waals surface area contributed by atoms with Crippen LogP contribution in [-0.4, -0.2) is 24.3 Å². The minimum atomic E-state index is -2.92. The van der Waals surface area contributed by atoms with E-state index in [4.69, 9.17) is 0 Å². The highest BCUT2D eigenvalue weighted by atomic mass is 19.3. The molecule has 1 atom stereocenters. The van der Waals surface area contributed by atoms with Crippen molar-refractivity contribution in [3.05, 3.63) is 59.9 Å². The molecular formula is C16H15F3N2O3. The Bertz CT molecular complexity index is 681. The maximum absolute atomic E-state index is 13.0. The van der Waals surface area contributed by atoms with Gasteiger partial charge in [-0.25, -0.2) is 9.18 Å². The van der Waals surface area contributed by atoms with Crippen LogP contribution in [-0.2, 0) is 0 Å². The first-order valence-electron chi connectivity index (χ1n) is 6.97. The molecule has 0 aliphatic heterocycles. The molecule has 0 saturated heterocycles. The molecule has 8 heteroatoms. The number of hydrogen-bond acceptors (Lipinski definition) is 3. The van der Waals surface area contributed by atoms with Crippen LogP contribution in [0.25, 0.3) is 0 Å². The van der Waals surface area contributed by atoms with E-state index in [1.807, 2.05) is 0 Å². The van der Waals surface area contributed by atoms with E-state index in [1.54, 1.807) is 0 Å². The van der Waals surface area contributed by atoms with Crippen LogP contribution in [0.5, 0.6) is 5.75 Å². The second-order valence-electron chi connectivity index (χ2n) is 4.81. The van der Waals surface area contributed by atoms with E-state index in [0.717, 1.165) is 6.07 Å². The first-order chi connectivity index (χ1) is 11.4. The summed E-state index contributed by atoms with van der Waals surface area (Å²) in [5, 5.41) is 14.8. The SMILES string of the molecule is O=C(NCC(O)c1ccc(OC(F)F)cc1)Nc1cccc(F)c1. The number of halogens is 3. The van der Waals surface area contributed by atoms with E-state index in [-0.39, 0.29) is 18.0 Å². The molecule has 0 spiro atoms. The van der Waals surface area contributed by atoms with Crippen molar-refractivity contribution in [1.82, 2.24) is 5.32 Å². The summed E-state index contributed by atoms with van der Waals surface area (Å²) in [6.07, 6.45) is -1.04. The molecule has 2 aromatic rings. The highest BCUT2D eigenvalue weighted by Crippen LogP contribution is 2.19. The predicted molar refractivity (Wildman–Crippen MR) is 81.5 cm³/mol. The molecule has 0 saturated carbocycles. The van der Waals surface area contributed by atoms with Gasteiger partial charge in [-0.3, -0.25) is 0 Å². The Kier molecular flexibility index (Phi) is 6.02. The predicted octanol–water partition coefficient (Wildman–Crippen LogP) is 3.28. The van der Waals surface area contributed by atoms with Crippen LogP contribution in [0.1, 0.15) is 11.7 Å². The first kappa shape index (κ1) is 17.6. The normalized spacial score (nSPS) is 11.9. The number of benzene rings is 2. The number of aliphatic hydroxyl groups excluding tert-OH is 1. The van der Waals surface area contributed by atoms with Crippen molar-refractivity contribution in [2.24, 2.45) is 0 Å². The molecule has 128 valence electrons. The molecule has 2 rings (SSSR count). The van der Waals surface area contributed by atoms with Crippen LogP contribution in [0.3, 0.4) is 0 Å². The van der Waals surface area contributed by atoms with Crippen molar-refractivity contribution in [3.63, 3.8) is 0 Å². The van der Waals surface area contributed by atoms with E-state index < -0.39 is 24.6 Å². The Hall–Kier alpha value is -2.74. The van der Waals surface area contributed by atoms with Gasteiger partial charge in [-0.2, -0.15) is 8.78 Å². The summed E-state index contributed by atoms with van der Waals surface area (Å²) in [6.45, 7) is -3.04. The third-order valence-corrected chi connectivity index (χ3v) is 3.03. The van der Waals surface area contributed by atoms with Crippen LogP contribution in [0.4, 0.5) is 23.7 Å². The van der Waals surface area contributed by atoms with Gasteiger partial charge in [-0.15, -0.1) is 0 Å². The van der Waals surface area contributed by atoms with Gasteiger partial charge in [0.25, 0.3) is 0 Å². The lowest BCUT2D eigenvalue weighted by molar-refractivity contribution is -0.0498. The lowest BCUT2D eigenvalue weighted by atomic mass is 10.1. The topological polar surface area (TPSA) is 70.6 Å². The molecular weight excluding hydrogens is 325 g/mol. The number of nitrogens with one attached hydrogen (secondary N) is 2. The highest BCUT2D eigenvalue weighted by Gasteiger charge is 2.11. The maximum Gasteiger partial charge on any atom is 0.387 e. The number of anilines is 1. The second kappa shape index (κ2) is 8.21. The first-order valence-corrected chi connectivity index (χ1v) is 6.97. The molecule has 1 unspecified atom stereocenters. The number of rotatable bonds is 6. The van der Waals surface area contributed by atoms with Crippen LogP contribution >= 0.6 is 0 Å². The van der Waals surface area contributed by atoms with Crippen molar-refractivity contribution >= 4 is 11.7 Å². The van der Waals surface area contributed by atoms with Crippen molar-refractivity contribution in [3.8, 4) is 5.75 Å². The fraction of sp³-hybridized carbons (Fsp3) is 0.188. The average Bonchev–Trinajstić information content (AvgIpc) is 2.53. The fourth-order valence-corrected chi connectivity index (χ4v) is 1.92. The van der Waals surface area contributed by atoms with Gasteiger partial charge in [0.05, 0.1) is 6.10 Å². The van der Waals surface area contributed by atoms with Gasteiger partial charge >= 0.3 is 12.6 Å². The Balaban J connectivity index is 1.83. The molecule has 0 aromatic heterocycles. The number of hydrogen-bond donors (Lipinski definition) is 3. The molecule has 24 heavy (non-hydrogen) atoms. The molecule has 5 nitrogen and oxygen atoms in total. The third kappa shape index (κ3) is 5.47. The van der Waals surface area contributed by atoms with Gasteiger partial charge in [0.1, 0.15) is 11.6 Å². The van der Waals surface area contributed by atoms with Gasteiger partial charge in [0.15, 0.2) is 0 Å². The Morgan fingerprint density at radius 1 is 1.17 bits per heavy atom. The third-order valence-electron chi connectivity index (χ3n) is 3.03. The Morgan fingerprint density at radius 3 is 2.50 bits per heavy atom. The fourth-order valence-electron chi connectivity index (χ4n) is 1.92. The molecule has 0 heterocycles. The molecule has 0 radical (unpaired) electrons. The van der Waals surface area contributed by atoms with E-state index in [2.05, 4.69) is 15.4 Å². The number of aliphatic hydroxyl groups is 1. The zero-order valence-electron chi connectivity index (χ0n) is 12.4.